The first-order chi connectivity index (χ1) is 14.4. The molecule has 0 atom stereocenters. The van der Waals surface area contributed by atoms with Gasteiger partial charge in [-0.2, -0.15) is 4.98 Å². The van der Waals surface area contributed by atoms with Crippen molar-refractivity contribution in [1.29, 1.82) is 0 Å². The van der Waals surface area contributed by atoms with Crippen LogP contribution in [0.2, 0.25) is 0 Å². The van der Waals surface area contributed by atoms with Crippen LogP contribution in [0.3, 0.4) is 0 Å². The lowest BCUT2D eigenvalue weighted by atomic mass is 10.0. The van der Waals surface area contributed by atoms with Gasteiger partial charge in [0.1, 0.15) is 18.2 Å². The second-order valence-electron chi connectivity index (χ2n) is 7.90. The van der Waals surface area contributed by atoms with Crippen LogP contribution in [0.4, 0.5) is 16.9 Å². The van der Waals surface area contributed by atoms with Gasteiger partial charge in [-0.05, 0) is 37.5 Å². The fraction of sp³-hybridized carbons (Fsp3) is 0.409. The van der Waals surface area contributed by atoms with Crippen LogP contribution < -0.4 is 20.7 Å². The minimum atomic E-state index is 0.298. The molecule has 0 saturated heterocycles. The molecule has 0 radical (unpaired) electrons. The van der Waals surface area contributed by atoms with Crippen molar-refractivity contribution in [2.24, 2.45) is 0 Å². The van der Waals surface area contributed by atoms with Crippen LogP contribution in [0.25, 0.3) is 11.3 Å². The third kappa shape index (κ3) is 3.79. The maximum atomic E-state index is 6.16. The van der Waals surface area contributed by atoms with Crippen LogP contribution in [0.15, 0.2) is 17.5 Å². The lowest BCUT2D eigenvalue weighted by Crippen LogP contribution is -2.28. The lowest BCUT2D eigenvalue weighted by Gasteiger charge is -2.26. The molecular weight excluding hydrogens is 396 g/mol. The number of thiazole rings is 1. The van der Waals surface area contributed by atoms with Crippen molar-refractivity contribution in [2.45, 2.75) is 40.2 Å². The molecule has 1 aromatic carbocycles. The Balaban J connectivity index is 1.77. The number of fused-ring (bicyclic) bond motifs is 1. The van der Waals surface area contributed by atoms with Gasteiger partial charge in [0.05, 0.1) is 12.2 Å². The molecule has 8 heteroatoms. The summed E-state index contributed by atoms with van der Waals surface area (Å²) in [6.07, 6.45) is 0. The van der Waals surface area contributed by atoms with Crippen LogP contribution in [0.1, 0.15) is 42.1 Å². The minimum absolute atomic E-state index is 0.298. The zero-order chi connectivity index (χ0) is 21.4. The third-order valence-electron chi connectivity index (χ3n) is 5.34. The Bertz CT molecular complexity index is 1080. The van der Waals surface area contributed by atoms with E-state index in [1.54, 1.807) is 11.3 Å². The van der Waals surface area contributed by atoms with Crippen LogP contribution >= 0.6 is 11.3 Å². The Hall–Kier alpha value is -2.87. The molecular formula is C22H28N6OS. The summed E-state index contributed by atoms with van der Waals surface area (Å²) in [6, 6.07) is 4.33. The van der Waals surface area contributed by atoms with E-state index in [1.165, 1.54) is 0 Å². The number of hydrogen-bond donors (Lipinski definition) is 2. The van der Waals surface area contributed by atoms with Gasteiger partial charge < -0.3 is 20.7 Å². The summed E-state index contributed by atoms with van der Waals surface area (Å²) in [6.45, 7) is 10.4. The fourth-order valence-corrected chi connectivity index (χ4v) is 4.75. The molecule has 1 aliphatic heterocycles. The molecule has 0 spiro atoms. The van der Waals surface area contributed by atoms with Crippen LogP contribution in [0.5, 0.6) is 5.75 Å². The van der Waals surface area contributed by atoms with E-state index < -0.39 is 0 Å². The van der Waals surface area contributed by atoms with Crippen molar-refractivity contribution in [3.05, 3.63) is 39.9 Å². The third-order valence-corrected chi connectivity index (χ3v) is 6.20. The number of aryl methyl sites for hydroxylation is 2. The van der Waals surface area contributed by atoms with Crippen molar-refractivity contribution in [3.63, 3.8) is 0 Å². The molecule has 158 valence electrons. The van der Waals surface area contributed by atoms with Crippen LogP contribution in [0, 0.1) is 13.8 Å². The van der Waals surface area contributed by atoms with E-state index in [1.807, 2.05) is 14.0 Å². The van der Waals surface area contributed by atoms with Gasteiger partial charge in [-0.1, -0.05) is 13.8 Å². The summed E-state index contributed by atoms with van der Waals surface area (Å²) >= 11 is 1.60. The predicted octanol–water partition coefficient (Wildman–Crippen LogP) is 4.36. The molecule has 7 nitrogen and oxygen atoms in total. The standard InChI is InChI=1S/C22H28N6OS/c1-12(2)18-14(4)25-21(23)27-20(18)28-6-7-29-19-13(3)8-15(9-16(19)10-28)17-11-30-22(24-5)26-17/h8-9,11-12H,6-7,10H2,1-5H3,(H,24,26)(H2,23,25,27). The summed E-state index contributed by atoms with van der Waals surface area (Å²) in [4.78, 5) is 15.9. The molecule has 0 amide bonds. The monoisotopic (exact) mass is 424 g/mol. The van der Waals surface area contributed by atoms with Gasteiger partial charge in [-0.25, -0.2) is 9.97 Å². The van der Waals surface area contributed by atoms with Crippen LogP contribution in [-0.2, 0) is 6.54 Å². The van der Waals surface area contributed by atoms with Gasteiger partial charge in [0, 0.05) is 41.4 Å². The molecule has 0 saturated carbocycles. The van der Waals surface area contributed by atoms with E-state index >= 15 is 0 Å². The maximum absolute atomic E-state index is 6.16. The van der Waals surface area contributed by atoms with Gasteiger partial charge in [-0.3, -0.25) is 0 Å². The highest BCUT2D eigenvalue weighted by molar-refractivity contribution is 7.14. The maximum Gasteiger partial charge on any atom is 0.222 e. The molecule has 4 rings (SSSR count). The highest BCUT2D eigenvalue weighted by Gasteiger charge is 2.24. The van der Waals surface area contributed by atoms with E-state index in [0.29, 0.717) is 25.0 Å². The van der Waals surface area contributed by atoms with Gasteiger partial charge in [-0.15, -0.1) is 11.3 Å². The molecule has 3 aromatic rings. The molecule has 0 fully saturated rings. The zero-order valence-electron chi connectivity index (χ0n) is 18.1. The second-order valence-corrected chi connectivity index (χ2v) is 8.76. The van der Waals surface area contributed by atoms with E-state index in [4.69, 9.17) is 10.5 Å². The van der Waals surface area contributed by atoms with Crippen LogP contribution in [-0.4, -0.2) is 35.2 Å². The van der Waals surface area contributed by atoms with E-state index in [0.717, 1.165) is 56.9 Å². The van der Waals surface area contributed by atoms with Crippen molar-refractivity contribution < 1.29 is 4.74 Å². The largest absolute Gasteiger partial charge is 0.491 e. The number of nitrogen functional groups attached to an aromatic ring is 1. The first-order valence-electron chi connectivity index (χ1n) is 10.2. The normalized spacial score (nSPS) is 13.7. The summed E-state index contributed by atoms with van der Waals surface area (Å²) < 4.78 is 6.16. The van der Waals surface area contributed by atoms with Crippen molar-refractivity contribution in [1.82, 2.24) is 15.0 Å². The highest BCUT2D eigenvalue weighted by atomic mass is 32.1. The first-order valence-corrected chi connectivity index (χ1v) is 11.0. The molecule has 1 aliphatic rings. The van der Waals surface area contributed by atoms with Gasteiger partial charge >= 0.3 is 0 Å². The quantitative estimate of drug-likeness (QED) is 0.643. The van der Waals surface area contributed by atoms with Gasteiger partial charge in [0.15, 0.2) is 5.13 Å². The fourth-order valence-electron chi connectivity index (χ4n) is 4.07. The van der Waals surface area contributed by atoms with Gasteiger partial charge in [0.25, 0.3) is 0 Å². The van der Waals surface area contributed by atoms with E-state index in [9.17, 15) is 0 Å². The summed E-state index contributed by atoms with van der Waals surface area (Å²) in [5.74, 6) is 2.47. The Morgan fingerprint density at radius 2 is 2.00 bits per heavy atom. The molecule has 0 unspecified atom stereocenters. The zero-order valence-corrected chi connectivity index (χ0v) is 18.9. The SMILES string of the molecule is CNc1nc(-c2cc(C)c3c(c2)CN(c2nc(N)nc(C)c2C(C)C)CCO3)cs1. The number of nitrogens with two attached hydrogens (primary N) is 1. The number of benzene rings is 1. The molecule has 3 N–H and O–H groups in total. The first kappa shape index (κ1) is 20.4. The van der Waals surface area contributed by atoms with E-state index in [2.05, 4.69) is 63.5 Å². The number of aromatic nitrogens is 3. The number of ether oxygens (including phenoxy) is 1. The molecule has 30 heavy (non-hydrogen) atoms. The Morgan fingerprint density at radius 3 is 2.70 bits per heavy atom. The Kier molecular flexibility index (Phi) is 5.51. The van der Waals surface area contributed by atoms with E-state index in [-0.39, 0.29) is 0 Å². The molecule has 2 aromatic heterocycles. The molecule has 3 heterocycles. The second kappa shape index (κ2) is 8.10. The average Bonchev–Trinajstić information content (AvgIpc) is 3.06. The Morgan fingerprint density at radius 1 is 1.20 bits per heavy atom. The van der Waals surface area contributed by atoms with Gasteiger partial charge in [0.2, 0.25) is 5.95 Å². The Labute approximate surface area is 181 Å². The minimum Gasteiger partial charge on any atom is -0.491 e. The van der Waals surface area contributed by atoms with Crippen molar-refractivity contribution >= 4 is 28.2 Å². The highest BCUT2D eigenvalue weighted by Crippen LogP contribution is 2.36. The average molecular weight is 425 g/mol. The smallest absolute Gasteiger partial charge is 0.222 e. The summed E-state index contributed by atoms with van der Waals surface area (Å²) in [5, 5.41) is 6.09. The molecule has 0 bridgehead atoms. The summed E-state index contributed by atoms with van der Waals surface area (Å²) in [5.41, 5.74) is 12.4. The lowest BCUT2D eigenvalue weighted by molar-refractivity contribution is 0.329. The number of hydrogen-bond acceptors (Lipinski definition) is 8. The number of rotatable bonds is 4. The number of nitrogens with one attached hydrogen (secondary N) is 1. The number of anilines is 3. The number of nitrogens with zero attached hydrogens (tertiary/aromatic N) is 4. The summed E-state index contributed by atoms with van der Waals surface area (Å²) in [7, 11) is 1.89. The van der Waals surface area contributed by atoms with Crippen molar-refractivity contribution in [3.8, 4) is 17.0 Å². The molecule has 0 aliphatic carbocycles. The topological polar surface area (TPSA) is 89.2 Å². The van der Waals surface area contributed by atoms with Crippen molar-refractivity contribution in [2.75, 3.05) is 36.1 Å². The predicted molar refractivity (Wildman–Crippen MR) is 124 cm³/mol.